The zero-order chi connectivity index (χ0) is 13.5. The third kappa shape index (κ3) is 1380. The van der Waals surface area contributed by atoms with Crippen molar-refractivity contribution in [3.05, 3.63) is 0 Å². The molecule has 15 heavy (non-hydrogen) atoms. The van der Waals surface area contributed by atoms with Gasteiger partial charge in [-0.2, -0.15) is 0 Å². The summed E-state index contributed by atoms with van der Waals surface area (Å²) in [6, 6.07) is 0. The fraction of sp³-hybridized carbons (Fsp3) is 0.818. The lowest BCUT2D eigenvalue weighted by Gasteiger charge is -1.48. The van der Waals surface area contributed by atoms with E-state index >= 15 is 0 Å². The topological polar surface area (TPSA) is 74.6 Å². The van der Waals surface area contributed by atoms with Crippen LogP contribution >= 0.6 is 0 Å². The fourth-order valence-corrected chi connectivity index (χ4v) is 0. The first-order chi connectivity index (χ1) is 7.07. The molecule has 4 nitrogen and oxygen atoms in total. The minimum atomic E-state index is -0.250. The van der Waals surface area contributed by atoms with E-state index in [1.165, 1.54) is 19.3 Å². The van der Waals surface area contributed by atoms with Crippen LogP contribution in [-0.4, -0.2) is 23.2 Å². The second-order valence-electron chi connectivity index (χ2n) is 2.33. The van der Waals surface area contributed by atoms with E-state index in [2.05, 4.69) is 41.5 Å². The van der Waals surface area contributed by atoms with E-state index in [0.717, 1.165) is 0 Å². The molecule has 0 saturated heterocycles. The lowest BCUT2D eigenvalue weighted by Crippen LogP contribution is -1.49. The van der Waals surface area contributed by atoms with E-state index in [-0.39, 0.29) is 12.9 Å². The molecule has 0 spiro atoms. The maximum atomic E-state index is 8.36. The van der Waals surface area contributed by atoms with E-state index < -0.39 is 0 Å². The highest BCUT2D eigenvalue weighted by Crippen LogP contribution is 1.56. The Balaban J connectivity index is -0.0000000278. The Morgan fingerprint density at radius 2 is 0.667 bits per heavy atom. The van der Waals surface area contributed by atoms with Crippen molar-refractivity contribution in [2.75, 3.05) is 0 Å². The van der Waals surface area contributed by atoms with Gasteiger partial charge in [0.2, 0.25) is 0 Å². The van der Waals surface area contributed by atoms with Gasteiger partial charge in [0, 0.05) is 0 Å². The predicted molar refractivity (Wildman–Crippen MR) is 65.3 cm³/mol. The number of rotatable bonds is 0. The molecule has 0 aliphatic carbocycles. The molecule has 0 unspecified atom stereocenters. The summed E-state index contributed by atoms with van der Waals surface area (Å²) in [6.07, 6.45) is 3.75. The first kappa shape index (κ1) is 29.2. The Hall–Kier alpha value is -1.06. The molecule has 4 heteroatoms. The normalized spacial score (nSPS) is 5.20. The lowest BCUT2D eigenvalue weighted by atomic mass is 10.6. The highest BCUT2D eigenvalue weighted by molar-refractivity contribution is 5.32. The molecule has 0 radical (unpaired) electrons. The number of hydrogen-bond donors (Lipinski definition) is 2. The van der Waals surface area contributed by atoms with Gasteiger partial charge in [0.1, 0.15) is 0 Å². The average Bonchev–Trinajstić information content (AvgIpc) is 2.09. The van der Waals surface area contributed by atoms with Crippen molar-refractivity contribution in [2.45, 2.75) is 60.8 Å². The van der Waals surface area contributed by atoms with Crippen LogP contribution in [-0.2, 0) is 9.59 Å². The summed E-state index contributed by atoms with van der Waals surface area (Å²) in [7, 11) is 0. The fourth-order valence-electron chi connectivity index (χ4n) is 0. The third-order valence-corrected chi connectivity index (χ3v) is 0. The maximum Gasteiger partial charge on any atom is 0.290 e. The number of hydrogen-bond acceptors (Lipinski definition) is 2. The highest BCUT2D eigenvalue weighted by atomic mass is 16.3. The zero-order valence-corrected chi connectivity index (χ0v) is 11.0. The minimum absolute atomic E-state index is 0.250. The van der Waals surface area contributed by atoms with Crippen molar-refractivity contribution >= 4 is 12.9 Å². The van der Waals surface area contributed by atoms with E-state index in [0.29, 0.717) is 0 Å². The van der Waals surface area contributed by atoms with E-state index in [1.54, 1.807) is 0 Å². The van der Waals surface area contributed by atoms with Gasteiger partial charge in [-0.05, 0) is 0 Å². The van der Waals surface area contributed by atoms with Gasteiger partial charge < -0.3 is 10.2 Å². The van der Waals surface area contributed by atoms with Crippen molar-refractivity contribution in [1.29, 1.82) is 0 Å². The average molecular weight is 224 g/mol. The molecule has 0 aromatic carbocycles. The molecule has 0 aromatic heterocycles. The van der Waals surface area contributed by atoms with Gasteiger partial charge >= 0.3 is 0 Å². The molecule has 0 aromatic rings. The Bertz CT molecular complexity index is 54.9. The van der Waals surface area contributed by atoms with Gasteiger partial charge in [0.05, 0.1) is 0 Å². The first-order valence-electron chi connectivity index (χ1n) is 5.23. The summed E-state index contributed by atoms with van der Waals surface area (Å²) >= 11 is 0. The highest BCUT2D eigenvalue weighted by Gasteiger charge is 1.36. The third-order valence-electron chi connectivity index (χ3n) is 0. The molecule has 96 valence electrons. The van der Waals surface area contributed by atoms with Crippen LogP contribution in [0.2, 0.25) is 0 Å². The molecule has 0 fully saturated rings. The Kier molecular flexibility index (Phi) is 231. The van der Waals surface area contributed by atoms with E-state index in [9.17, 15) is 0 Å². The van der Waals surface area contributed by atoms with Crippen molar-refractivity contribution in [3.63, 3.8) is 0 Å². The Morgan fingerprint density at radius 1 is 0.667 bits per heavy atom. The van der Waals surface area contributed by atoms with E-state index in [1.807, 2.05) is 0 Å². The zero-order valence-electron chi connectivity index (χ0n) is 11.0. The van der Waals surface area contributed by atoms with Gasteiger partial charge in [0.15, 0.2) is 0 Å². The van der Waals surface area contributed by atoms with Gasteiger partial charge in [-0.3, -0.25) is 9.59 Å². The molecule has 0 aliphatic heterocycles. The molecule has 0 atom stereocenters. The summed E-state index contributed by atoms with van der Waals surface area (Å²) in [5.74, 6) is 0. The summed E-state index contributed by atoms with van der Waals surface area (Å²) in [5, 5.41) is 13.8. The molecule has 0 amide bonds. The van der Waals surface area contributed by atoms with Crippen LogP contribution in [0.15, 0.2) is 0 Å². The van der Waals surface area contributed by atoms with Crippen LogP contribution in [0.3, 0.4) is 0 Å². The molecule has 0 bridgehead atoms. The molecule has 0 saturated carbocycles. The summed E-state index contributed by atoms with van der Waals surface area (Å²) in [6.45, 7) is 12.2. The van der Waals surface area contributed by atoms with Crippen molar-refractivity contribution in [3.8, 4) is 0 Å². The van der Waals surface area contributed by atoms with Gasteiger partial charge in [-0.1, -0.05) is 60.8 Å². The van der Waals surface area contributed by atoms with Crippen LogP contribution in [0.1, 0.15) is 60.8 Å². The van der Waals surface area contributed by atoms with Crippen molar-refractivity contribution < 1.29 is 19.8 Å². The summed E-state index contributed by atoms with van der Waals surface area (Å²) in [5.41, 5.74) is 0. The molecular formula is C11H28O4. The molecule has 0 aliphatic rings. The van der Waals surface area contributed by atoms with E-state index in [4.69, 9.17) is 19.8 Å². The first-order valence-corrected chi connectivity index (χ1v) is 5.23. The van der Waals surface area contributed by atoms with Crippen LogP contribution in [0.25, 0.3) is 0 Å². The standard InChI is InChI=1S/3C3H8.2CH2O2/c3*1-3-2;2*2-1-3/h3*3H2,1-2H3;2*1H,(H,2,3). The largest absolute Gasteiger partial charge is 0.483 e. The van der Waals surface area contributed by atoms with Crippen LogP contribution in [0, 0.1) is 0 Å². The monoisotopic (exact) mass is 224 g/mol. The SMILES string of the molecule is CCC.CCC.CCC.O=CO.O=CO. The minimum Gasteiger partial charge on any atom is -0.483 e. The summed E-state index contributed by atoms with van der Waals surface area (Å²) in [4.78, 5) is 16.7. The summed E-state index contributed by atoms with van der Waals surface area (Å²) < 4.78 is 0. The Labute approximate surface area is 94.3 Å². The Morgan fingerprint density at radius 3 is 0.667 bits per heavy atom. The molecular weight excluding hydrogens is 196 g/mol. The van der Waals surface area contributed by atoms with Crippen molar-refractivity contribution in [1.82, 2.24) is 0 Å². The smallest absolute Gasteiger partial charge is 0.290 e. The van der Waals surface area contributed by atoms with Crippen LogP contribution in [0.5, 0.6) is 0 Å². The quantitative estimate of drug-likeness (QED) is 0.616. The van der Waals surface area contributed by atoms with Gasteiger partial charge in [0.25, 0.3) is 12.9 Å². The van der Waals surface area contributed by atoms with Crippen molar-refractivity contribution in [2.24, 2.45) is 0 Å². The second-order valence-corrected chi connectivity index (χ2v) is 2.33. The van der Waals surface area contributed by atoms with Crippen LogP contribution in [0.4, 0.5) is 0 Å². The predicted octanol–water partition coefficient (Wildman–Crippen LogP) is 3.65. The van der Waals surface area contributed by atoms with Gasteiger partial charge in [-0.15, -0.1) is 0 Å². The van der Waals surface area contributed by atoms with Crippen LogP contribution < -0.4 is 0 Å². The number of carbonyl (C=O) groups is 2. The lowest BCUT2D eigenvalue weighted by molar-refractivity contribution is -0.123. The number of carboxylic acid groups (broad SMARTS) is 2. The molecule has 2 N–H and O–H groups in total. The van der Waals surface area contributed by atoms with Gasteiger partial charge in [-0.25, -0.2) is 0 Å². The second kappa shape index (κ2) is 119. The maximum absolute atomic E-state index is 8.36. The molecule has 0 heterocycles. The molecule has 0 rings (SSSR count).